The van der Waals surface area contributed by atoms with Crippen molar-refractivity contribution in [2.24, 2.45) is 0 Å². The molecule has 0 radical (unpaired) electrons. The molecule has 168 valence electrons. The maximum absolute atomic E-state index is 13.4. The summed E-state index contributed by atoms with van der Waals surface area (Å²) in [5.74, 6) is -2.73. The van der Waals surface area contributed by atoms with Gasteiger partial charge in [-0.2, -0.15) is 0 Å². The molecule has 1 unspecified atom stereocenters. The fourth-order valence-corrected chi connectivity index (χ4v) is 4.98. The third kappa shape index (κ3) is 3.85. The molecule has 32 heavy (non-hydrogen) atoms. The number of halogens is 2. The number of aliphatic carboxylic acids is 1. The van der Waals surface area contributed by atoms with Crippen LogP contribution < -0.4 is 4.90 Å². The lowest BCUT2D eigenvalue weighted by Gasteiger charge is -2.34. The van der Waals surface area contributed by atoms with Crippen molar-refractivity contribution in [3.63, 3.8) is 0 Å². The summed E-state index contributed by atoms with van der Waals surface area (Å²) in [4.78, 5) is 21.0. The lowest BCUT2D eigenvalue weighted by atomic mass is 9.88. The van der Waals surface area contributed by atoms with Gasteiger partial charge in [-0.05, 0) is 60.9 Å². The van der Waals surface area contributed by atoms with Crippen molar-refractivity contribution >= 4 is 17.5 Å². The minimum absolute atomic E-state index is 0.482. The summed E-state index contributed by atoms with van der Waals surface area (Å²) >= 11 is 0. The molecule has 1 N–H and O–H groups in total. The number of rotatable bonds is 5. The van der Waals surface area contributed by atoms with Crippen molar-refractivity contribution in [2.75, 3.05) is 37.6 Å². The second kappa shape index (κ2) is 8.54. The summed E-state index contributed by atoms with van der Waals surface area (Å²) in [7, 11) is 0. The summed E-state index contributed by atoms with van der Waals surface area (Å²) in [6.45, 7) is 3.70. The molecule has 1 fully saturated rings. The molecule has 1 atom stereocenters. The molecule has 2 heterocycles. The van der Waals surface area contributed by atoms with Crippen molar-refractivity contribution in [1.82, 2.24) is 20.1 Å². The van der Waals surface area contributed by atoms with Crippen LogP contribution in [0.2, 0.25) is 0 Å². The Kier molecular flexibility index (Phi) is 5.58. The van der Waals surface area contributed by atoms with Crippen LogP contribution in [0, 0.1) is 11.6 Å². The maximum atomic E-state index is 13.4. The molecule has 9 heteroatoms. The number of carboxylic acids is 1. The first kappa shape index (κ1) is 20.9. The van der Waals surface area contributed by atoms with E-state index in [1.54, 1.807) is 6.07 Å². The van der Waals surface area contributed by atoms with Crippen molar-refractivity contribution < 1.29 is 18.7 Å². The lowest BCUT2D eigenvalue weighted by molar-refractivity contribution is -0.137. The summed E-state index contributed by atoms with van der Waals surface area (Å²) in [6.07, 6.45) is 4.32. The molecule has 2 aliphatic carbocycles. The SMILES string of the molecule is O=C(O)C1C2=C(CCCC2)c2nnc(N3CCN(CCc4ccc(F)c(F)c4)CC3)nc21. The van der Waals surface area contributed by atoms with E-state index in [2.05, 4.69) is 20.1 Å². The van der Waals surface area contributed by atoms with Crippen LogP contribution >= 0.6 is 0 Å². The van der Waals surface area contributed by atoms with Crippen molar-refractivity contribution in [3.8, 4) is 0 Å². The van der Waals surface area contributed by atoms with Gasteiger partial charge in [0.25, 0.3) is 0 Å². The number of benzene rings is 1. The zero-order chi connectivity index (χ0) is 22.2. The average Bonchev–Trinajstić information content (AvgIpc) is 3.14. The third-order valence-corrected chi connectivity index (χ3v) is 6.72. The maximum Gasteiger partial charge on any atom is 0.316 e. The molecule has 1 aromatic heterocycles. The summed E-state index contributed by atoms with van der Waals surface area (Å²) < 4.78 is 26.5. The van der Waals surface area contributed by atoms with Gasteiger partial charge in [0.15, 0.2) is 11.6 Å². The topological polar surface area (TPSA) is 82.4 Å². The van der Waals surface area contributed by atoms with Gasteiger partial charge in [0.1, 0.15) is 11.6 Å². The van der Waals surface area contributed by atoms with Gasteiger partial charge >= 0.3 is 5.97 Å². The van der Waals surface area contributed by atoms with Gasteiger partial charge in [-0.1, -0.05) is 6.07 Å². The Hall–Kier alpha value is -2.94. The first-order valence-electron chi connectivity index (χ1n) is 11.1. The van der Waals surface area contributed by atoms with Crippen LogP contribution in [0.25, 0.3) is 5.57 Å². The molecule has 1 aliphatic heterocycles. The Balaban J connectivity index is 1.24. The number of hydrogen-bond acceptors (Lipinski definition) is 6. The average molecular weight is 441 g/mol. The molecule has 0 spiro atoms. The molecule has 5 rings (SSSR count). The quantitative estimate of drug-likeness (QED) is 0.764. The number of aromatic nitrogens is 3. The van der Waals surface area contributed by atoms with Crippen molar-refractivity contribution in [2.45, 2.75) is 38.0 Å². The number of anilines is 1. The van der Waals surface area contributed by atoms with E-state index >= 15 is 0 Å². The van der Waals surface area contributed by atoms with Crippen LogP contribution in [0.4, 0.5) is 14.7 Å². The number of nitrogens with zero attached hydrogens (tertiary/aromatic N) is 5. The van der Waals surface area contributed by atoms with Gasteiger partial charge in [-0.25, -0.2) is 13.8 Å². The fraction of sp³-hybridized carbons (Fsp3) is 0.478. The van der Waals surface area contributed by atoms with Crippen molar-refractivity contribution in [1.29, 1.82) is 0 Å². The number of allylic oxidation sites excluding steroid dienone is 1. The van der Waals surface area contributed by atoms with E-state index < -0.39 is 23.5 Å². The van der Waals surface area contributed by atoms with Gasteiger partial charge in [0.05, 0.1) is 5.69 Å². The van der Waals surface area contributed by atoms with E-state index in [4.69, 9.17) is 0 Å². The molecule has 1 aromatic carbocycles. The molecule has 0 saturated carbocycles. The fourth-order valence-electron chi connectivity index (χ4n) is 4.98. The number of piperazine rings is 1. The Morgan fingerprint density at radius 1 is 1.06 bits per heavy atom. The monoisotopic (exact) mass is 441 g/mol. The Morgan fingerprint density at radius 2 is 1.84 bits per heavy atom. The smallest absolute Gasteiger partial charge is 0.316 e. The van der Waals surface area contributed by atoms with E-state index in [1.165, 1.54) is 6.07 Å². The van der Waals surface area contributed by atoms with Gasteiger partial charge in [0, 0.05) is 32.7 Å². The molecule has 3 aliphatic rings. The molecule has 7 nitrogen and oxygen atoms in total. The van der Waals surface area contributed by atoms with Gasteiger partial charge < -0.3 is 10.0 Å². The first-order valence-corrected chi connectivity index (χ1v) is 11.1. The van der Waals surface area contributed by atoms with Crippen LogP contribution in [-0.2, 0) is 11.2 Å². The zero-order valence-electron chi connectivity index (χ0n) is 17.7. The zero-order valence-corrected chi connectivity index (χ0v) is 17.7. The Morgan fingerprint density at radius 3 is 2.59 bits per heavy atom. The molecular weight excluding hydrogens is 416 g/mol. The molecule has 2 aromatic rings. The van der Waals surface area contributed by atoms with E-state index in [9.17, 15) is 18.7 Å². The minimum atomic E-state index is -0.869. The van der Waals surface area contributed by atoms with Crippen molar-refractivity contribution in [3.05, 3.63) is 52.4 Å². The number of carboxylic acid groups (broad SMARTS) is 1. The number of fused-ring (bicyclic) bond motifs is 2. The van der Waals surface area contributed by atoms with E-state index in [0.29, 0.717) is 36.8 Å². The largest absolute Gasteiger partial charge is 0.480 e. The van der Waals surface area contributed by atoms with E-state index in [-0.39, 0.29) is 0 Å². The third-order valence-electron chi connectivity index (χ3n) is 6.72. The molecule has 1 saturated heterocycles. The van der Waals surface area contributed by atoms with Crippen LogP contribution in [0.1, 0.15) is 48.6 Å². The lowest BCUT2D eigenvalue weighted by Crippen LogP contribution is -2.47. The second-order valence-electron chi connectivity index (χ2n) is 8.65. The van der Waals surface area contributed by atoms with E-state index in [0.717, 1.165) is 68.1 Å². The molecule has 0 amide bonds. The second-order valence-corrected chi connectivity index (χ2v) is 8.65. The Labute approximate surface area is 184 Å². The first-order chi connectivity index (χ1) is 15.5. The minimum Gasteiger partial charge on any atom is -0.480 e. The summed E-state index contributed by atoms with van der Waals surface area (Å²) in [5, 5.41) is 18.6. The summed E-state index contributed by atoms with van der Waals surface area (Å²) in [6, 6.07) is 4.03. The van der Waals surface area contributed by atoms with Crippen LogP contribution in [-0.4, -0.2) is 63.9 Å². The van der Waals surface area contributed by atoms with Crippen LogP contribution in [0.5, 0.6) is 0 Å². The summed E-state index contributed by atoms with van der Waals surface area (Å²) in [5.41, 5.74) is 3.97. The number of hydrogen-bond donors (Lipinski definition) is 1. The number of carbonyl (C=O) groups is 1. The Bertz CT molecular complexity index is 1080. The van der Waals surface area contributed by atoms with Gasteiger partial charge in [0.2, 0.25) is 5.95 Å². The van der Waals surface area contributed by atoms with Gasteiger partial charge in [-0.3, -0.25) is 9.69 Å². The van der Waals surface area contributed by atoms with E-state index in [1.807, 2.05) is 4.90 Å². The molecular formula is C23H25F2N5O2. The highest BCUT2D eigenvalue weighted by Crippen LogP contribution is 2.47. The predicted octanol–water partition coefficient (Wildman–Crippen LogP) is 3.02. The van der Waals surface area contributed by atoms with Gasteiger partial charge in [-0.15, -0.1) is 10.2 Å². The van der Waals surface area contributed by atoms with Crippen LogP contribution in [0.3, 0.4) is 0 Å². The highest BCUT2D eigenvalue weighted by atomic mass is 19.2. The predicted molar refractivity (Wildman–Crippen MR) is 114 cm³/mol. The molecule has 0 bridgehead atoms. The highest BCUT2D eigenvalue weighted by molar-refractivity contribution is 5.90. The van der Waals surface area contributed by atoms with Crippen LogP contribution in [0.15, 0.2) is 23.8 Å². The highest BCUT2D eigenvalue weighted by Gasteiger charge is 2.40. The normalized spacial score (nSPS) is 20.9. The standard InChI is InChI=1S/C23H25F2N5O2/c24-17-6-5-14(13-18(17)25)7-8-29-9-11-30(12-10-29)23-26-21-19(22(31)32)15-3-1-2-4-16(15)20(21)27-28-23/h5-6,13,19H,1-4,7-12H2,(H,31,32).